The fraction of sp³-hybridized carbons (Fsp3) is 0.273. The lowest BCUT2D eigenvalue weighted by molar-refractivity contribution is 0.0686. The van der Waals surface area contributed by atoms with Crippen LogP contribution in [0.15, 0.2) is 17.2 Å². The number of rotatable bonds is 4. The van der Waals surface area contributed by atoms with E-state index in [9.17, 15) is 13.2 Å². The molecule has 0 aliphatic rings. The molecule has 0 saturated heterocycles. The Kier molecular flexibility index (Phi) is 3.64. The number of carboxylic acids is 1. The molecule has 2 aromatic heterocycles. The van der Waals surface area contributed by atoms with Gasteiger partial charge in [-0.25, -0.2) is 22.9 Å². The highest BCUT2D eigenvalue weighted by Gasteiger charge is 2.21. The van der Waals surface area contributed by atoms with Gasteiger partial charge >= 0.3 is 5.97 Å². The van der Waals surface area contributed by atoms with Gasteiger partial charge in [0.25, 0.3) is 16.0 Å². The summed E-state index contributed by atoms with van der Waals surface area (Å²) in [5.74, 6) is -1.39. The molecule has 21 heavy (non-hydrogen) atoms. The van der Waals surface area contributed by atoms with E-state index in [0.29, 0.717) is 11.4 Å². The van der Waals surface area contributed by atoms with Crippen molar-refractivity contribution in [3.8, 4) is 0 Å². The minimum absolute atomic E-state index is 0.144. The number of carboxylic acid groups (broad SMARTS) is 1. The number of aromatic carboxylic acids is 1. The smallest absolute Gasteiger partial charge is 0.352 e. The molecule has 0 radical (unpaired) electrons. The van der Waals surface area contributed by atoms with Crippen LogP contribution in [0.1, 0.15) is 21.9 Å². The van der Waals surface area contributed by atoms with Crippen molar-refractivity contribution in [3.05, 3.63) is 29.3 Å². The quantitative estimate of drug-likeness (QED) is 0.832. The van der Waals surface area contributed by atoms with Gasteiger partial charge in [0, 0.05) is 13.2 Å². The van der Waals surface area contributed by atoms with Gasteiger partial charge in [0.15, 0.2) is 0 Å². The minimum atomic E-state index is -3.98. The van der Waals surface area contributed by atoms with Gasteiger partial charge in [-0.15, -0.1) is 5.10 Å². The Balaban J connectivity index is 2.36. The summed E-state index contributed by atoms with van der Waals surface area (Å²) in [6, 6.07) is 1.05. The summed E-state index contributed by atoms with van der Waals surface area (Å²) in [6.07, 6.45) is 1.19. The van der Waals surface area contributed by atoms with Gasteiger partial charge in [0.1, 0.15) is 10.6 Å². The van der Waals surface area contributed by atoms with E-state index < -0.39 is 16.0 Å². The summed E-state index contributed by atoms with van der Waals surface area (Å²) >= 11 is 0. The standard InChI is InChI=1S/C11H13N5O4S/c1-6-7(2)13-14-11(12-6)15-21(19,20)8-4-9(10(17)18)16(3)5-8/h4-5H,1-3H3,(H,17,18)(H,12,14,15). The molecule has 0 fully saturated rings. The zero-order valence-corrected chi connectivity index (χ0v) is 12.3. The highest BCUT2D eigenvalue weighted by molar-refractivity contribution is 7.92. The van der Waals surface area contributed by atoms with Gasteiger partial charge in [0.2, 0.25) is 0 Å². The molecule has 2 heterocycles. The van der Waals surface area contributed by atoms with Crippen LogP contribution in [0.5, 0.6) is 0 Å². The summed E-state index contributed by atoms with van der Waals surface area (Å²) in [5.41, 5.74) is 0.988. The van der Waals surface area contributed by atoms with Crippen molar-refractivity contribution in [1.82, 2.24) is 19.7 Å². The molecule has 10 heteroatoms. The van der Waals surface area contributed by atoms with Crippen molar-refractivity contribution >= 4 is 21.9 Å². The second kappa shape index (κ2) is 5.13. The van der Waals surface area contributed by atoms with Crippen molar-refractivity contribution in [2.45, 2.75) is 18.7 Å². The summed E-state index contributed by atoms with van der Waals surface area (Å²) in [5, 5.41) is 16.3. The lowest BCUT2D eigenvalue weighted by Crippen LogP contribution is -2.16. The number of hydrogen-bond acceptors (Lipinski definition) is 6. The summed E-state index contributed by atoms with van der Waals surface area (Å²) < 4.78 is 27.7. The molecule has 0 aliphatic heterocycles. The summed E-state index contributed by atoms with van der Waals surface area (Å²) in [6.45, 7) is 3.37. The van der Waals surface area contributed by atoms with E-state index in [1.165, 1.54) is 17.8 Å². The molecule has 112 valence electrons. The molecule has 2 rings (SSSR count). The molecule has 0 unspecified atom stereocenters. The van der Waals surface area contributed by atoms with Crippen molar-refractivity contribution < 1.29 is 18.3 Å². The average molecular weight is 311 g/mol. The zero-order valence-electron chi connectivity index (χ0n) is 11.5. The second-order valence-corrected chi connectivity index (χ2v) is 6.07. The van der Waals surface area contributed by atoms with Crippen molar-refractivity contribution in [1.29, 1.82) is 0 Å². The molecule has 2 N–H and O–H groups in total. The predicted octanol–water partition coefficient (Wildman–Crippen LogP) is 0.326. The fourth-order valence-corrected chi connectivity index (χ4v) is 2.58. The van der Waals surface area contributed by atoms with E-state index in [1.807, 2.05) is 0 Å². The third-order valence-corrected chi connectivity index (χ3v) is 4.12. The maximum atomic E-state index is 12.2. The van der Waals surface area contributed by atoms with Gasteiger partial charge in [-0.05, 0) is 19.9 Å². The largest absolute Gasteiger partial charge is 0.477 e. The molecular weight excluding hydrogens is 298 g/mol. The summed E-state index contributed by atoms with van der Waals surface area (Å²) in [7, 11) is -2.54. The Hall–Kier alpha value is -2.49. The van der Waals surface area contributed by atoms with E-state index in [4.69, 9.17) is 5.11 Å². The van der Waals surface area contributed by atoms with E-state index in [-0.39, 0.29) is 16.5 Å². The van der Waals surface area contributed by atoms with Crippen LogP contribution in [0.4, 0.5) is 5.95 Å². The molecule has 0 saturated carbocycles. The van der Waals surface area contributed by atoms with Crippen LogP contribution in [-0.2, 0) is 17.1 Å². The van der Waals surface area contributed by atoms with Crippen LogP contribution in [0.3, 0.4) is 0 Å². The Morgan fingerprint density at radius 3 is 2.48 bits per heavy atom. The lowest BCUT2D eigenvalue weighted by Gasteiger charge is -2.05. The second-order valence-electron chi connectivity index (χ2n) is 4.39. The molecule has 0 bridgehead atoms. The number of sulfonamides is 1. The highest BCUT2D eigenvalue weighted by Crippen LogP contribution is 2.16. The fourth-order valence-electron chi connectivity index (χ4n) is 1.57. The van der Waals surface area contributed by atoms with Gasteiger partial charge in [0.05, 0.1) is 11.4 Å². The molecule has 2 aromatic rings. The average Bonchev–Trinajstić information content (AvgIpc) is 2.77. The number of aryl methyl sites for hydroxylation is 3. The summed E-state index contributed by atoms with van der Waals surface area (Å²) in [4.78, 5) is 14.7. The number of anilines is 1. The van der Waals surface area contributed by atoms with Gasteiger partial charge < -0.3 is 9.67 Å². The van der Waals surface area contributed by atoms with E-state index in [2.05, 4.69) is 19.9 Å². The van der Waals surface area contributed by atoms with Crippen LogP contribution in [0, 0.1) is 13.8 Å². The zero-order chi connectivity index (χ0) is 15.8. The van der Waals surface area contributed by atoms with Crippen LogP contribution in [0.25, 0.3) is 0 Å². The van der Waals surface area contributed by atoms with Gasteiger partial charge in [-0.3, -0.25) is 0 Å². The SMILES string of the molecule is Cc1nnc(NS(=O)(=O)c2cc(C(=O)O)n(C)c2)nc1C. The monoisotopic (exact) mass is 311 g/mol. The molecular formula is C11H13N5O4S. The first kappa shape index (κ1) is 14.9. The molecule has 0 aliphatic carbocycles. The van der Waals surface area contributed by atoms with E-state index >= 15 is 0 Å². The van der Waals surface area contributed by atoms with E-state index in [0.717, 1.165) is 6.07 Å². The van der Waals surface area contributed by atoms with Crippen molar-refractivity contribution in [2.24, 2.45) is 7.05 Å². The predicted molar refractivity (Wildman–Crippen MR) is 72.5 cm³/mol. The maximum Gasteiger partial charge on any atom is 0.352 e. The molecule has 9 nitrogen and oxygen atoms in total. The Morgan fingerprint density at radius 2 is 1.95 bits per heavy atom. The van der Waals surface area contributed by atoms with Crippen molar-refractivity contribution in [3.63, 3.8) is 0 Å². The molecule has 0 aromatic carbocycles. The third kappa shape index (κ3) is 2.99. The number of carbonyl (C=O) groups is 1. The number of hydrogen-bond donors (Lipinski definition) is 2. The minimum Gasteiger partial charge on any atom is -0.477 e. The van der Waals surface area contributed by atoms with Crippen LogP contribution < -0.4 is 4.72 Å². The van der Waals surface area contributed by atoms with Crippen LogP contribution >= 0.6 is 0 Å². The topological polar surface area (TPSA) is 127 Å². The third-order valence-electron chi connectivity index (χ3n) is 2.83. The van der Waals surface area contributed by atoms with E-state index in [1.54, 1.807) is 13.8 Å². The molecule has 0 amide bonds. The first-order valence-electron chi connectivity index (χ1n) is 5.81. The normalized spacial score (nSPS) is 11.4. The van der Waals surface area contributed by atoms with Gasteiger partial charge in [-0.1, -0.05) is 0 Å². The molecule has 0 spiro atoms. The van der Waals surface area contributed by atoms with Gasteiger partial charge in [-0.2, -0.15) is 5.10 Å². The first-order valence-corrected chi connectivity index (χ1v) is 7.29. The maximum absolute atomic E-state index is 12.2. The number of aromatic nitrogens is 4. The van der Waals surface area contributed by atoms with Crippen molar-refractivity contribution in [2.75, 3.05) is 4.72 Å². The number of nitrogens with zero attached hydrogens (tertiary/aromatic N) is 4. The Morgan fingerprint density at radius 1 is 1.29 bits per heavy atom. The lowest BCUT2D eigenvalue weighted by atomic mass is 10.4. The number of nitrogens with one attached hydrogen (secondary N) is 1. The Bertz CT molecular complexity index is 812. The molecule has 0 atom stereocenters. The highest BCUT2D eigenvalue weighted by atomic mass is 32.2. The van der Waals surface area contributed by atoms with Crippen LogP contribution in [-0.4, -0.2) is 39.2 Å². The van der Waals surface area contributed by atoms with Crippen LogP contribution in [0.2, 0.25) is 0 Å². The Labute approximate surface area is 120 Å². The first-order chi connectivity index (χ1) is 9.70.